The highest BCUT2D eigenvalue weighted by molar-refractivity contribution is 8.77. The number of hydrogen-bond acceptors (Lipinski definition) is 14. The summed E-state index contributed by atoms with van der Waals surface area (Å²) in [6.45, 7) is 3.08. The molecule has 3 heterocycles. The number of aliphatic carboxylic acids is 1. The molecule has 0 radical (unpaired) electrons. The number of aliphatic imine (C=N–C) groups is 1. The van der Waals surface area contributed by atoms with Gasteiger partial charge < -0.3 is 75.1 Å². The number of nitrogens with zero attached hydrogens (tertiary/aromatic N) is 2. The first kappa shape index (κ1) is 61.7. The minimum Gasteiger partial charge on any atom is -0.481 e. The molecule has 1 aliphatic carbocycles. The van der Waals surface area contributed by atoms with Crippen molar-refractivity contribution in [3.05, 3.63) is 36.0 Å². The van der Waals surface area contributed by atoms with Gasteiger partial charge in [-0.3, -0.25) is 57.7 Å². The highest BCUT2D eigenvalue weighted by atomic mass is 33.1. The van der Waals surface area contributed by atoms with Gasteiger partial charge in [0.05, 0.1) is 13.0 Å². The highest BCUT2D eigenvalue weighted by Gasteiger charge is 2.42. The van der Waals surface area contributed by atoms with E-state index in [1.165, 1.54) is 26.5 Å². The van der Waals surface area contributed by atoms with Crippen molar-refractivity contribution in [1.82, 2.24) is 47.1 Å². The van der Waals surface area contributed by atoms with E-state index in [1.807, 2.05) is 24.3 Å². The van der Waals surface area contributed by atoms with Crippen molar-refractivity contribution in [2.75, 3.05) is 25.4 Å². The van der Waals surface area contributed by atoms with E-state index >= 15 is 0 Å². The lowest BCUT2D eigenvalue weighted by molar-refractivity contribution is -0.142. The Morgan fingerprint density at radius 1 is 0.859 bits per heavy atom. The predicted octanol–water partition coefficient (Wildman–Crippen LogP) is -1.46. The molecule has 78 heavy (non-hydrogen) atoms. The molecule has 26 nitrogen and oxygen atoms in total. The lowest BCUT2D eigenvalue weighted by atomic mass is 9.85. The normalized spacial score (nSPS) is 23.5. The smallest absolute Gasteiger partial charge is 0.303 e. The summed E-state index contributed by atoms with van der Waals surface area (Å²) in [5.41, 5.74) is 23.2. The molecule has 1 aromatic heterocycles. The van der Waals surface area contributed by atoms with E-state index in [4.69, 9.17) is 22.9 Å². The first-order valence-corrected chi connectivity index (χ1v) is 28.5. The van der Waals surface area contributed by atoms with Crippen LogP contribution in [0.1, 0.15) is 109 Å². The topological polar surface area (TPSA) is 428 Å². The Morgan fingerprint density at radius 3 is 2.23 bits per heavy atom. The maximum atomic E-state index is 14.9. The second-order valence-electron chi connectivity index (χ2n) is 20.0. The van der Waals surface area contributed by atoms with E-state index in [0.717, 1.165) is 30.2 Å². The first-order valence-electron chi connectivity index (χ1n) is 26.2. The molecule has 1 saturated carbocycles. The van der Waals surface area contributed by atoms with E-state index in [-0.39, 0.29) is 56.9 Å². The van der Waals surface area contributed by atoms with Crippen molar-refractivity contribution in [3.63, 3.8) is 0 Å². The van der Waals surface area contributed by atoms with Gasteiger partial charge in [0.25, 0.3) is 0 Å². The number of rotatable bonds is 19. The third-order valence-corrected chi connectivity index (χ3v) is 17.4. The summed E-state index contributed by atoms with van der Waals surface area (Å²) in [7, 11) is 2.52. The molecule has 28 heteroatoms. The number of carbonyl (C=O) groups is 11. The largest absolute Gasteiger partial charge is 0.481 e. The number of likely N-dealkylation sites (tertiary alicyclic amines) is 1. The Hall–Kier alpha value is -7.10. The van der Waals surface area contributed by atoms with E-state index in [0.29, 0.717) is 31.2 Å². The number of para-hydroxylation sites is 1. The monoisotopic (exact) mass is 1130 g/mol. The number of aromatic nitrogens is 1. The number of amides is 10. The number of nitrogens with one attached hydrogen (secondary N) is 8. The number of aromatic amines is 1. The lowest BCUT2D eigenvalue weighted by Gasteiger charge is -2.37. The minimum atomic E-state index is -1.78. The van der Waals surface area contributed by atoms with Crippen LogP contribution in [0.2, 0.25) is 0 Å². The van der Waals surface area contributed by atoms with Crippen molar-refractivity contribution in [2.24, 2.45) is 33.8 Å². The summed E-state index contributed by atoms with van der Waals surface area (Å²) < 4.78 is -0.735. The van der Waals surface area contributed by atoms with Crippen LogP contribution in [0, 0.1) is 5.92 Å². The molecule has 2 saturated heterocycles. The maximum absolute atomic E-state index is 14.9. The standard InChI is InChI=1S/C50H74N14O12S2/c1-3-27(2)41-47(75)60-32(15-16-40(68)69)43(71)61-34(22-37(51)65)44(72)62-35(48(76)64-20-10-14-36(64)46(74)59-31(13-9-19-55-49(53)54)42(70)57-25-38(52)66)26-77-78-50(17-7-4-8-18-50)23-39(67)58-33(45(73)63-41)21-28-24-56-30-12-6-5-11-29(28)30/h5-6,11-12,24,27,31-36,41,56H,3-4,7-10,13-23,25-26H2,1-2H3,(H2,51,65)(H2,52,66)(H,57,70)(H,58,67)(H,59,74)(H,60,75)(H,61,71)(H,62,72)(H,63,73)(H,68,69)(H4,53,54,55)/t27-,31-,32-,33+,34-,35-,36-,41-/m0/s1. The molecule has 2 aliphatic heterocycles. The van der Waals surface area contributed by atoms with Gasteiger partial charge in [0.1, 0.15) is 42.3 Å². The maximum Gasteiger partial charge on any atom is 0.303 e. The predicted molar refractivity (Wildman–Crippen MR) is 291 cm³/mol. The van der Waals surface area contributed by atoms with Crippen molar-refractivity contribution >= 4 is 103 Å². The fraction of sp³-hybridized carbons (Fsp3) is 0.600. The molecular weight excluding hydrogens is 1050 g/mol. The molecule has 428 valence electrons. The quantitative estimate of drug-likeness (QED) is 0.0331. The summed E-state index contributed by atoms with van der Waals surface area (Å²) in [5.74, 6) is -10.5. The summed E-state index contributed by atoms with van der Waals surface area (Å²) in [6.07, 6.45) is 4.35. The van der Waals surface area contributed by atoms with Crippen molar-refractivity contribution in [1.29, 1.82) is 0 Å². The van der Waals surface area contributed by atoms with Gasteiger partial charge >= 0.3 is 5.97 Å². The molecule has 2 aromatic rings. The molecule has 0 unspecified atom stereocenters. The Balaban J connectivity index is 1.53. The summed E-state index contributed by atoms with van der Waals surface area (Å²) in [4.78, 5) is 159. The van der Waals surface area contributed by atoms with E-state index < -0.39 is 144 Å². The van der Waals surface area contributed by atoms with Gasteiger partial charge in [0.2, 0.25) is 59.1 Å². The number of guanidine groups is 1. The molecule has 3 aliphatic rings. The zero-order valence-corrected chi connectivity index (χ0v) is 45.5. The van der Waals surface area contributed by atoms with Crippen LogP contribution in [0.25, 0.3) is 10.9 Å². The van der Waals surface area contributed by atoms with Crippen LogP contribution in [0.3, 0.4) is 0 Å². The minimum absolute atomic E-state index is 0.0117. The number of carboxylic acid groups (broad SMARTS) is 1. The average molecular weight is 1130 g/mol. The van der Waals surface area contributed by atoms with Gasteiger partial charge in [0.15, 0.2) is 5.96 Å². The van der Waals surface area contributed by atoms with Gasteiger partial charge in [-0.2, -0.15) is 0 Å². The van der Waals surface area contributed by atoms with Crippen LogP contribution in [0.5, 0.6) is 0 Å². The lowest BCUT2D eigenvalue weighted by Crippen LogP contribution is -2.61. The fourth-order valence-electron chi connectivity index (χ4n) is 9.71. The number of fused-ring (bicyclic) bond motifs is 1. The molecule has 10 amide bonds. The third-order valence-electron chi connectivity index (χ3n) is 14.0. The van der Waals surface area contributed by atoms with Gasteiger partial charge in [-0.15, -0.1) is 0 Å². The van der Waals surface area contributed by atoms with Crippen LogP contribution < -0.4 is 60.2 Å². The Kier molecular flexibility index (Phi) is 23.4. The van der Waals surface area contributed by atoms with Gasteiger partial charge in [-0.25, -0.2) is 0 Å². The molecule has 5 rings (SSSR count). The summed E-state index contributed by atoms with van der Waals surface area (Å²) >= 11 is 0. The molecule has 17 N–H and O–H groups in total. The van der Waals surface area contributed by atoms with Crippen molar-refractivity contribution in [2.45, 2.75) is 157 Å². The van der Waals surface area contributed by atoms with Gasteiger partial charge in [-0.1, -0.05) is 79.3 Å². The summed E-state index contributed by atoms with van der Waals surface area (Å²) in [6, 6.07) is -2.39. The van der Waals surface area contributed by atoms with E-state index in [9.17, 15) is 57.8 Å². The van der Waals surface area contributed by atoms with Crippen molar-refractivity contribution < 1.29 is 57.8 Å². The third kappa shape index (κ3) is 18.3. The fourth-order valence-corrected chi connectivity index (χ4v) is 13.1. The van der Waals surface area contributed by atoms with Crippen LogP contribution in [0.4, 0.5) is 0 Å². The zero-order chi connectivity index (χ0) is 57.1. The number of benzene rings is 1. The number of hydrogen-bond donors (Lipinski definition) is 13. The average Bonchev–Trinajstić information content (AvgIpc) is 4.07. The highest BCUT2D eigenvalue weighted by Crippen LogP contribution is 2.48. The SMILES string of the molecule is CC[C@H](C)[C@@H]1NC(=O)[C@@H](Cc2c[nH]c3ccccc23)NC(=O)CC2(CCCCC2)SSC[C@@H](C(=O)N2CCC[C@H]2C(=O)N[C@@H](CCCN=C(N)N)C(=O)NCC(N)=O)NC(=O)[C@H](CC(N)=O)NC(=O)[C@H](CCC(=O)O)NC1=O. The van der Waals surface area contributed by atoms with E-state index in [2.05, 4.69) is 47.2 Å². The van der Waals surface area contributed by atoms with Crippen LogP contribution in [-0.4, -0.2) is 158 Å². The van der Waals surface area contributed by atoms with Crippen LogP contribution >= 0.6 is 21.6 Å². The molecule has 8 atom stereocenters. The Bertz CT molecular complexity index is 2550. The molecule has 1 spiro atoms. The summed E-state index contributed by atoms with van der Waals surface area (Å²) in [5, 5.41) is 28.9. The number of H-pyrrole nitrogens is 1. The zero-order valence-electron chi connectivity index (χ0n) is 43.9. The van der Waals surface area contributed by atoms with Crippen molar-refractivity contribution in [3.8, 4) is 0 Å². The number of primary amides is 2. The second-order valence-corrected chi connectivity index (χ2v) is 22.8. The number of nitrogens with two attached hydrogens (primary N) is 4. The van der Waals surface area contributed by atoms with Crippen LogP contribution in [-0.2, 0) is 59.2 Å². The molecule has 3 fully saturated rings. The first-order chi connectivity index (χ1) is 37.1. The van der Waals surface area contributed by atoms with E-state index in [1.54, 1.807) is 20.0 Å². The number of carbonyl (C=O) groups excluding carboxylic acids is 10. The molecular formula is C50H74N14O12S2. The Labute approximate surface area is 459 Å². The molecule has 1 aromatic carbocycles. The molecule has 0 bridgehead atoms. The second kappa shape index (κ2) is 29.6. The van der Waals surface area contributed by atoms with Gasteiger partial charge in [0, 0.05) is 60.0 Å². The number of carboxylic acids is 1. The Morgan fingerprint density at radius 2 is 1.55 bits per heavy atom. The van der Waals surface area contributed by atoms with Crippen LogP contribution in [0.15, 0.2) is 35.5 Å². The van der Waals surface area contributed by atoms with Gasteiger partial charge in [-0.05, 0) is 62.5 Å².